The number of likely N-dealkylation sites (tertiary alicyclic amines) is 1. The molecule has 17 heavy (non-hydrogen) atoms. The lowest BCUT2D eigenvalue weighted by Gasteiger charge is -2.38. The Bertz CT molecular complexity index is 274. The Labute approximate surface area is 102 Å². The zero-order valence-corrected chi connectivity index (χ0v) is 10.5. The van der Waals surface area contributed by atoms with Gasteiger partial charge in [0.15, 0.2) is 0 Å². The summed E-state index contributed by atoms with van der Waals surface area (Å²) < 4.78 is 10.8. The number of hydrogen-bond acceptors (Lipinski definition) is 4. The van der Waals surface area contributed by atoms with E-state index in [1.807, 2.05) is 13.8 Å². The predicted molar refractivity (Wildman–Crippen MR) is 61.7 cm³/mol. The first-order valence-corrected chi connectivity index (χ1v) is 6.34. The van der Waals surface area contributed by atoms with Crippen molar-refractivity contribution in [2.45, 2.75) is 50.9 Å². The van der Waals surface area contributed by atoms with Gasteiger partial charge in [-0.3, -0.25) is 0 Å². The van der Waals surface area contributed by atoms with Gasteiger partial charge in [-0.1, -0.05) is 0 Å². The molecule has 0 bridgehead atoms. The topological polar surface area (TPSA) is 59.0 Å². The predicted octanol–water partition coefficient (Wildman–Crippen LogP) is 1.15. The highest BCUT2D eigenvalue weighted by molar-refractivity contribution is 5.67. The number of aliphatic hydroxyl groups is 1. The van der Waals surface area contributed by atoms with E-state index in [9.17, 15) is 9.90 Å². The van der Waals surface area contributed by atoms with E-state index in [2.05, 4.69) is 0 Å². The first-order valence-electron chi connectivity index (χ1n) is 6.34. The fourth-order valence-electron chi connectivity index (χ4n) is 2.70. The smallest absolute Gasteiger partial charge is 0.409 e. The van der Waals surface area contributed by atoms with Crippen molar-refractivity contribution in [2.24, 2.45) is 0 Å². The average Bonchev–Trinajstić information content (AvgIpc) is 2.55. The van der Waals surface area contributed by atoms with Crippen LogP contribution in [0.25, 0.3) is 0 Å². The summed E-state index contributed by atoms with van der Waals surface area (Å²) in [6.07, 6.45) is 1.55. The van der Waals surface area contributed by atoms with Crippen LogP contribution in [0.4, 0.5) is 4.79 Å². The van der Waals surface area contributed by atoms with Crippen LogP contribution in [0, 0.1) is 0 Å². The molecule has 1 amide bonds. The number of carbonyl (C=O) groups excluding carboxylic acids is 1. The van der Waals surface area contributed by atoms with Gasteiger partial charge >= 0.3 is 6.09 Å². The van der Waals surface area contributed by atoms with Gasteiger partial charge in [0, 0.05) is 19.5 Å². The summed E-state index contributed by atoms with van der Waals surface area (Å²) in [5, 5.41) is 9.74. The van der Waals surface area contributed by atoms with Crippen molar-refractivity contribution in [1.82, 2.24) is 4.90 Å². The molecule has 2 heterocycles. The normalized spacial score (nSPS) is 31.8. The molecule has 2 fully saturated rings. The van der Waals surface area contributed by atoms with Crippen LogP contribution in [-0.4, -0.2) is 53.6 Å². The monoisotopic (exact) mass is 243 g/mol. The Morgan fingerprint density at radius 2 is 2.18 bits per heavy atom. The molecular weight excluding hydrogens is 222 g/mol. The summed E-state index contributed by atoms with van der Waals surface area (Å²) in [7, 11) is 0. The molecule has 0 aromatic rings. The van der Waals surface area contributed by atoms with E-state index in [-0.39, 0.29) is 23.9 Å². The number of amides is 1. The average molecular weight is 243 g/mol. The summed E-state index contributed by atoms with van der Waals surface area (Å²) in [5.41, 5.74) is -0.220. The number of nitrogens with zero attached hydrogens (tertiary/aromatic N) is 1. The quantitative estimate of drug-likeness (QED) is 0.750. The number of aliphatic hydroxyl groups excluding tert-OH is 1. The van der Waals surface area contributed by atoms with Crippen LogP contribution in [-0.2, 0) is 9.47 Å². The molecule has 2 saturated heterocycles. The van der Waals surface area contributed by atoms with Gasteiger partial charge in [0.25, 0.3) is 0 Å². The van der Waals surface area contributed by atoms with Crippen molar-refractivity contribution < 1.29 is 19.4 Å². The number of ether oxygens (including phenoxy) is 2. The molecule has 1 spiro atoms. The van der Waals surface area contributed by atoms with Crippen LogP contribution in [0.1, 0.15) is 33.1 Å². The maximum absolute atomic E-state index is 11.5. The standard InChI is InChI=1S/C12H21NO4/c1-3-16-11(15)13-6-4-12(5-7-13)8-10(14)9(2)17-12/h9-10,14H,3-8H2,1-2H3. The summed E-state index contributed by atoms with van der Waals surface area (Å²) in [4.78, 5) is 13.3. The Balaban J connectivity index is 1.88. The van der Waals surface area contributed by atoms with Crippen LogP contribution in [0.2, 0.25) is 0 Å². The van der Waals surface area contributed by atoms with Crippen LogP contribution in [0.3, 0.4) is 0 Å². The molecule has 0 aliphatic carbocycles. The highest BCUT2D eigenvalue weighted by Gasteiger charge is 2.46. The van der Waals surface area contributed by atoms with Crippen LogP contribution in [0.5, 0.6) is 0 Å². The van der Waals surface area contributed by atoms with E-state index in [1.165, 1.54) is 0 Å². The van der Waals surface area contributed by atoms with Crippen molar-refractivity contribution in [3.63, 3.8) is 0 Å². The first kappa shape index (κ1) is 12.6. The summed E-state index contributed by atoms with van der Waals surface area (Å²) in [6, 6.07) is 0. The molecule has 5 heteroatoms. The minimum absolute atomic E-state index is 0.0934. The Hall–Kier alpha value is -0.810. The van der Waals surface area contributed by atoms with E-state index in [0.29, 0.717) is 26.1 Å². The van der Waals surface area contributed by atoms with Gasteiger partial charge in [0.2, 0.25) is 0 Å². The molecule has 2 aliphatic rings. The molecule has 2 rings (SSSR count). The molecule has 98 valence electrons. The molecule has 2 aliphatic heterocycles. The third-order valence-electron chi connectivity index (χ3n) is 3.76. The van der Waals surface area contributed by atoms with E-state index in [1.54, 1.807) is 4.90 Å². The molecule has 0 radical (unpaired) electrons. The fraction of sp³-hybridized carbons (Fsp3) is 0.917. The maximum Gasteiger partial charge on any atom is 0.409 e. The summed E-state index contributed by atoms with van der Waals surface area (Å²) in [6.45, 7) is 5.42. The van der Waals surface area contributed by atoms with Gasteiger partial charge in [0.05, 0.1) is 24.4 Å². The SMILES string of the molecule is CCOC(=O)N1CCC2(CC1)CC(O)C(C)O2. The molecular formula is C12H21NO4. The third-order valence-corrected chi connectivity index (χ3v) is 3.76. The minimum atomic E-state index is -0.371. The molecule has 2 atom stereocenters. The van der Waals surface area contributed by atoms with Gasteiger partial charge in [-0.2, -0.15) is 0 Å². The van der Waals surface area contributed by atoms with Crippen LogP contribution < -0.4 is 0 Å². The summed E-state index contributed by atoms with van der Waals surface area (Å²) >= 11 is 0. The number of rotatable bonds is 1. The second kappa shape index (κ2) is 4.82. The van der Waals surface area contributed by atoms with E-state index < -0.39 is 0 Å². The minimum Gasteiger partial charge on any atom is -0.450 e. The molecule has 0 aromatic heterocycles. The second-order valence-electron chi connectivity index (χ2n) is 4.96. The molecule has 5 nitrogen and oxygen atoms in total. The number of piperidine rings is 1. The number of hydrogen-bond donors (Lipinski definition) is 1. The third kappa shape index (κ3) is 2.55. The molecule has 2 unspecified atom stereocenters. The van der Waals surface area contributed by atoms with Crippen molar-refractivity contribution >= 4 is 6.09 Å². The zero-order valence-electron chi connectivity index (χ0n) is 10.5. The maximum atomic E-state index is 11.5. The highest BCUT2D eigenvalue weighted by Crippen LogP contribution is 2.38. The van der Waals surface area contributed by atoms with Crippen molar-refractivity contribution in [2.75, 3.05) is 19.7 Å². The van der Waals surface area contributed by atoms with Gasteiger partial charge < -0.3 is 19.5 Å². The Morgan fingerprint density at radius 3 is 2.65 bits per heavy atom. The molecule has 0 aromatic carbocycles. The van der Waals surface area contributed by atoms with Gasteiger partial charge in [0.1, 0.15) is 0 Å². The molecule has 1 N–H and O–H groups in total. The molecule has 0 saturated carbocycles. The summed E-state index contributed by atoms with van der Waals surface area (Å²) in [5.74, 6) is 0. The van der Waals surface area contributed by atoms with E-state index in [0.717, 1.165) is 12.8 Å². The lowest BCUT2D eigenvalue weighted by molar-refractivity contribution is -0.0742. The highest BCUT2D eigenvalue weighted by atomic mass is 16.6. The second-order valence-corrected chi connectivity index (χ2v) is 4.96. The first-order chi connectivity index (χ1) is 8.06. The van der Waals surface area contributed by atoms with Gasteiger partial charge in [-0.05, 0) is 26.7 Å². The van der Waals surface area contributed by atoms with Gasteiger partial charge in [-0.15, -0.1) is 0 Å². The number of carbonyl (C=O) groups is 1. The lowest BCUT2D eigenvalue weighted by Crippen LogP contribution is -2.46. The largest absolute Gasteiger partial charge is 0.450 e. The van der Waals surface area contributed by atoms with E-state index >= 15 is 0 Å². The fourth-order valence-corrected chi connectivity index (χ4v) is 2.70. The van der Waals surface area contributed by atoms with E-state index in [4.69, 9.17) is 9.47 Å². The van der Waals surface area contributed by atoms with Crippen molar-refractivity contribution in [3.05, 3.63) is 0 Å². The Kier molecular flexibility index (Phi) is 3.58. The Morgan fingerprint density at radius 1 is 1.53 bits per heavy atom. The van der Waals surface area contributed by atoms with Crippen LogP contribution in [0.15, 0.2) is 0 Å². The van der Waals surface area contributed by atoms with Gasteiger partial charge in [-0.25, -0.2) is 4.79 Å². The van der Waals surface area contributed by atoms with Crippen LogP contribution >= 0.6 is 0 Å². The van der Waals surface area contributed by atoms with Crippen molar-refractivity contribution in [1.29, 1.82) is 0 Å². The van der Waals surface area contributed by atoms with Crippen molar-refractivity contribution in [3.8, 4) is 0 Å². The zero-order chi connectivity index (χ0) is 12.5. The lowest BCUT2D eigenvalue weighted by atomic mass is 9.88.